The molecule has 0 radical (unpaired) electrons. The third-order valence-corrected chi connectivity index (χ3v) is 5.97. The number of benzene rings is 1. The molecular formula is C22H26N6O3S. The van der Waals surface area contributed by atoms with E-state index in [0.29, 0.717) is 26.7 Å². The minimum absolute atomic E-state index is 0.250. The van der Waals surface area contributed by atoms with Crippen molar-refractivity contribution < 1.29 is 9.59 Å². The number of H-pyrrole nitrogens is 1. The number of rotatable bonds is 6. The average molecular weight is 455 g/mol. The lowest BCUT2D eigenvalue weighted by molar-refractivity contribution is 0.0861. The highest BCUT2D eigenvalue weighted by atomic mass is 32.1. The fourth-order valence-electron chi connectivity index (χ4n) is 3.10. The molecule has 0 atom stereocenters. The van der Waals surface area contributed by atoms with Crippen LogP contribution in [-0.2, 0) is 0 Å². The predicted octanol–water partition coefficient (Wildman–Crippen LogP) is 2.51. The normalized spacial score (nSPS) is 11.7. The van der Waals surface area contributed by atoms with Crippen LogP contribution in [0.2, 0.25) is 0 Å². The number of amides is 2. The maximum atomic E-state index is 13.0. The summed E-state index contributed by atoms with van der Waals surface area (Å²) in [5.74, 6) is -0.755. The van der Waals surface area contributed by atoms with Gasteiger partial charge in [0.2, 0.25) is 0 Å². The van der Waals surface area contributed by atoms with Gasteiger partial charge in [-0.2, -0.15) is 5.10 Å². The quantitative estimate of drug-likeness (QED) is 0.392. The molecule has 2 heterocycles. The van der Waals surface area contributed by atoms with Crippen molar-refractivity contribution in [1.29, 1.82) is 0 Å². The Morgan fingerprint density at radius 3 is 2.31 bits per heavy atom. The van der Waals surface area contributed by atoms with Gasteiger partial charge in [-0.1, -0.05) is 6.07 Å². The number of hydrogen-bond donors (Lipinski definition) is 3. The summed E-state index contributed by atoms with van der Waals surface area (Å²) >= 11 is 1.06. The Labute approximate surface area is 189 Å². The molecule has 10 heteroatoms. The fraction of sp³-hybridized carbons (Fsp3) is 0.273. The van der Waals surface area contributed by atoms with Crippen LogP contribution in [0.4, 0.5) is 0 Å². The predicted molar refractivity (Wildman–Crippen MR) is 126 cm³/mol. The number of aryl methyl sites for hydroxylation is 3. The number of aromatic nitrogens is 2. The van der Waals surface area contributed by atoms with Crippen LogP contribution in [0.1, 0.15) is 48.7 Å². The number of nitrogens with one attached hydrogen (secondary N) is 3. The van der Waals surface area contributed by atoms with Crippen molar-refractivity contribution in [2.24, 2.45) is 5.10 Å². The Balaban J connectivity index is 1.79. The third kappa shape index (κ3) is 4.87. The zero-order valence-electron chi connectivity index (χ0n) is 18.9. The highest BCUT2D eigenvalue weighted by Gasteiger charge is 2.17. The van der Waals surface area contributed by atoms with Crippen molar-refractivity contribution in [2.45, 2.75) is 27.7 Å². The second-order valence-corrected chi connectivity index (χ2v) is 8.74. The van der Waals surface area contributed by atoms with Crippen LogP contribution < -0.4 is 16.4 Å². The summed E-state index contributed by atoms with van der Waals surface area (Å²) < 4.78 is 1.47. The third-order valence-electron chi connectivity index (χ3n) is 4.89. The first-order valence-electron chi connectivity index (χ1n) is 9.91. The van der Waals surface area contributed by atoms with Gasteiger partial charge in [0, 0.05) is 19.8 Å². The van der Waals surface area contributed by atoms with Crippen LogP contribution in [-0.4, -0.2) is 46.4 Å². The van der Waals surface area contributed by atoms with Crippen LogP contribution >= 0.6 is 11.3 Å². The van der Waals surface area contributed by atoms with Crippen molar-refractivity contribution in [3.8, 4) is 5.69 Å². The number of thiophene rings is 1. The first kappa shape index (κ1) is 23.2. The molecule has 9 nitrogen and oxygen atoms in total. The molecule has 3 N–H and O–H groups in total. The van der Waals surface area contributed by atoms with Crippen molar-refractivity contribution >= 4 is 28.9 Å². The van der Waals surface area contributed by atoms with Crippen LogP contribution in [0.3, 0.4) is 0 Å². The average Bonchev–Trinajstić information content (AvgIpc) is 3.33. The number of carbonyl (C=O) groups excluding carboxylic acids is 2. The molecule has 2 amide bonds. The molecule has 2 aromatic heterocycles. The smallest absolute Gasteiger partial charge is 0.281 e. The monoisotopic (exact) mass is 454 g/mol. The lowest BCUT2D eigenvalue weighted by Crippen LogP contribution is -2.35. The molecule has 0 saturated heterocycles. The van der Waals surface area contributed by atoms with E-state index in [-0.39, 0.29) is 11.5 Å². The van der Waals surface area contributed by atoms with Gasteiger partial charge in [-0.15, -0.1) is 11.3 Å². The van der Waals surface area contributed by atoms with E-state index in [1.165, 1.54) is 9.69 Å². The molecule has 0 aliphatic heterocycles. The molecule has 32 heavy (non-hydrogen) atoms. The Morgan fingerprint density at radius 2 is 1.69 bits per heavy atom. The standard InChI is InChI=1S/C22H26N6O3S/c1-12-7-8-16(11-13(12)2)28-22(31)19(15(4)25-28)14(3)23-24-20(29)17-9-10-18(32-17)21(30)26-27(5)6/h7-11,25H,1-6H3,(H,24,29)(H,26,30)/b23-14-. The van der Waals surface area contributed by atoms with Crippen molar-refractivity contribution in [1.82, 2.24) is 25.6 Å². The lowest BCUT2D eigenvalue weighted by atomic mass is 10.1. The van der Waals surface area contributed by atoms with Gasteiger partial charge in [0.25, 0.3) is 17.4 Å². The summed E-state index contributed by atoms with van der Waals surface area (Å²) in [7, 11) is 3.40. The Hall–Kier alpha value is -3.50. The Bertz CT molecular complexity index is 1260. The number of hydrazone groups is 1. The summed E-state index contributed by atoms with van der Waals surface area (Å²) in [5, 5.41) is 8.71. The molecule has 0 unspecified atom stereocenters. The minimum Gasteiger partial charge on any atom is -0.295 e. The summed E-state index contributed by atoms with van der Waals surface area (Å²) in [6, 6.07) is 8.91. The Morgan fingerprint density at radius 1 is 1.03 bits per heavy atom. The maximum Gasteiger partial charge on any atom is 0.281 e. The van der Waals surface area contributed by atoms with E-state index in [1.807, 2.05) is 32.0 Å². The summed E-state index contributed by atoms with van der Waals surface area (Å²) in [4.78, 5) is 38.2. The number of nitrogens with zero attached hydrogens (tertiary/aromatic N) is 3. The van der Waals surface area contributed by atoms with E-state index >= 15 is 0 Å². The molecule has 168 valence electrons. The van der Waals surface area contributed by atoms with Gasteiger partial charge in [0.15, 0.2) is 0 Å². The van der Waals surface area contributed by atoms with E-state index in [4.69, 9.17) is 0 Å². The van der Waals surface area contributed by atoms with Gasteiger partial charge >= 0.3 is 0 Å². The van der Waals surface area contributed by atoms with E-state index < -0.39 is 5.91 Å². The first-order chi connectivity index (χ1) is 15.1. The van der Waals surface area contributed by atoms with Crippen LogP contribution in [0, 0.1) is 20.8 Å². The van der Waals surface area contributed by atoms with Gasteiger partial charge in [-0.3, -0.25) is 24.9 Å². The van der Waals surface area contributed by atoms with E-state index in [2.05, 4.69) is 21.1 Å². The minimum atomic E-state index is -0.457. The molecule has 3 rings (SSSR count). The molecule has 1 aromatic carbocycles. The van der Waals surface area contributed by atoms with E-state index in [9.17, 15) is 14.4 Å². The number of carbonyl (C=O) groups is 2. The molecular weight excluding hydrogens is 428 g/mol. The zero-order chi connectivity index (χ0) is 23.6. The SMILES string of the molecule is C/C(=N/NC(=O)c1ccc(C(=O)NN(C)C)s1)c1c(C)[nH]n(-c2ccc(C)c(C)c2)c1=O. The fourth-order valence-corrected chi connectivity index (χ4v) is 3.89. The van der Waals surface area contributed by atoms with Gasteiger partial charge in [0.1, 0.15) is 0 Å². The van der Waals surface area contributed by atoms with Gasteiger partial charge in [-0.05, 0) is 63.1 Å². The lowest BCUT2D eigenvalue weighted by Gasteiger charge is -2.09. The van der Waals surface area contributed by atoms with Gasteiger partial charge in [-0.25, -0.2) is 15.1 Å². The number of hydrazine groups is 1. The zero-order valence-corrected chi connectivity index (χ0v) is 19.7. The summed E-state index contributed by atoms with van der Waals surface area (Å²) in [6.45, 7) is 7.44. The van der Waals surface area contributed by atoms with Crippen molar-refractivity contribution in [2.75, 3.05) is 14.1 Å². The highest BCUT2D eigenvalue weighted by Crippen LogP contribution is 2.17. The van der Waals surface area contributed by atoms with Crippen LogP contribution in [0.5, 0.6) is 0 Å². The van der Waals surface area contributed by atoms with E-state index in [1.54, 1.807) is 40.1 Å². The molecule has 0 fully saturated rings. The molecule has 0 aliphatic rings. The topological polar surface area (TPSA) is 112 Å². The number of aromatic amines is 1. The number of hydrogen-bond acceptors (Lipinski definition) is 6. The van der Waals surface area contributed by atoms with Crippen molar-refractivity contribution in [3.63, 3.8) is 0 Å². The second-order valence-electron chi connectivity index (χ2n) is 7.66. The summed E-state index contributed by atoms with van der Waals surface area (Å²) in [6.07, 6.45) is 0. The van der Waals surface area contributed by atoms with Crippen LogP contribution in [0.25, 0.3) is 5.69 Å². The Kier molecular flexibility index (Phi) is 6.75. The highest BCUT2D eigenvalue weighted by molar-refractivity contribution is 7.15. The molecule has 0 saturated carbocycles. The van der Waals surface area contributed by atoms with Crippen LogP contribution in [0.15, 0.2) is 40.2 Å². The largest absolute Gasteiger partial charge is 0.295 e. The first-order valence-corrected chi connectivity index (χ1v) is 10.7. The molecule has 0 aliphatic carbocycles. The van der Waals surface area contributed by atoms with Gasteiger partial charge < -0.3 is 0 Å². The maximum absolute atomic E-state index is 13.0. The summed E-state index contributed by atoms with van der Waals surface area (Å²) in [5.41, 5.74) is 9.19. The van der Waals surface area contributed by atoms with Gasteiger partial charge in [0.05, 0.1) is 26.7 Å². The van der Waals surface area contributed by atoms with Crippen molar-refractivity contribution in [3.05, 3.63) is 72.8 Å². The molecule has 3 aromatic rings. The molecule has 0 spiro atoms. The second kappa shape index (κ2) is 9.33. The molecule has 0 bridgehead atoms. The van der Waals surface area contributed by atoms with E-state index in [0.717, 1.165) is 28.2 Å².